The molecule has 0 radical (unpaired) electrons. The number of carbonyl (C=O) groups is 1. The van der Waals surface area contributed by atoms with Gasteiger partial charge in [0.25, 0.3) is 0 Å². The van der Waals surface area contributed by atoms with Crippen molar-refractivity contribution < 1.29 is 14.6 Å². The molecule has 0 atom stereocenters. The van der Waals surface area contributed by atoms with Crippen LogP contribution in [-0.2, 0) is 17.6 Å². The van der Waals surface area contributed by atoms with Crippen LogP contribution in [0.3, 0.4) is 0 Å². The van der Waals surface area contributed by atoms with Gasteiger partial charge in [-0.05, 0) is 50.3 Å². The number of nitrogens with zero attached hydrogens (tertiary/aromatic N) is 1. The molecule has 0 spiro atoms. The number of aryl methyl sites for hydroxylation is 1. The van der Waals surface area contributed by atoms with Gasteiger partial charge in [-0.15, -0.1) is 11.3 Å². The smallest absolute Gasteiger partial charge is 0.341 e. The van der Waals surface area contributed by atoms with Gasteiger partial charge in [0.2, 0.25) is 0 Å². The van der Waals surface area contributed by atoms with Crippen molar-refractivity contribution in [2.45, 2.75) is 32.6 Å². The van der Waals surface area contributed by atoms with Crippen molar-refractivity contribution in [1.82, 2.24) is 0 Å². The third-order valence-corrected chi connectivity index (χ3v) is 5.09. The fraction of sp³-hybridized carbons (Fsp3) is 0.333. The summed E-state index contributed by atoms with van der Waals surface area (Å²) in [4.78, 5) is 18.1. The van der Waals surface area contributed by atoms with Crippen molar-refractivity contribution in [3.8, 4) is 5.75 Å². The monoisotopic (exact) mass is 329 g/mol. The molecule has 0 saturated carbocycles. The van der Waals surface area contributed by atoms with Crippen LogP contribution >= 0.6 is 11.3 Å². The Morgan fingerprint density at radius 3 is 2.91 bits per heavy atom. The number of para-hydroxylation sites is 1. The Morgan fingerprint density at radius 2 is 2.13 bits per heavy atom. The van der Waals surface area contributed by atoms with E-state index in [2.05, 4.69) is 4.99 Å². The Balaban J connectivity index is 1.99. The number of benzene rings is 1. The minimum atomic E-state index is -0.295. The minimum Gasteiger partial charge on any atom is -0.507 e. The lowest BCUT2D eigenvalue weighted by Gasteiger charge is -2.11. The molecule has 1 N–H and O–H groups in total. The van der Waals surface area contributed by atoms with E-state index >= 15 is 0 Å². The van der Waals surface area contributed by atoms with Gasteiger partial charge in [-0.25, -0.2) is 9.79 Å². The highest BCUT2D eigenvalue weighted by Crippen LogP contribution is 2.40. The summed E-state index contributed by atoms with van der Waals surface area (Å²) in [5.41, 5.74) is 2.34. The van der Waals surface area contributed by atoms with Crippen LogP contribution < -0.4 is 0 Å². The number of hydrogen-bond acceptors (Lipinski definition) is 5. The van der Waals surface area contributed by atoms with Gasteiger partial charge in [-0.2, -0.15) is 0 Å². The molecule has 1 aromatic heterocycles. The second kappa shape index (κ2) is 6.96. The zero-order valence-corrected chi connectivity index (χ0v) is 13.9. The number of phenols is 1. The molecule has 0 saturated heterocycles. The molecule has 2 aromatic rings. The second-order valence-electron chi connectivity index (χ2n) is 5.43. The zero-order valence-electron chi connectivity index (χ0n) is 13.0. The van der Waals surface area contributed by atoms with Crippen LogP contribution in [0.4, 0.5) is 5.00 Å². The number of hydrogen-bond donors (Lipinski definition) is 1. The van der Waals surface area contributed by atoms with Crippen molar-refractivity contribution >= 4 is 28.5 Å². The van der Waals surface area contributed by atoms with Crippen molar-refractivity contribution in [3.05, 3.63) is 45.8 Å². The third-order valence-electron chi connectivity index (χ3n) is 3.89. The predicted octanol–water partition coefficient (Wildman–Crippen LogP) is 4.26. The fourth-order valence-electron chi connectivity index (χ4n) is 2.78. The summed E-state index contributed by atoms with van der Waals surface area (Å²) in [6.07, 6.45) is 5.76. The number of phenolic OH excluding ortho intramolecular Hbond substituents is 1. The van der Waals surface area contributed by atoms with Crippen molar-refractivity contribution in [2.24, 2.45) is 4.99 Å². The van der Waals surface area contributed by atoms with Crippen LogP contribution in [0.5, 0.6) is 5.75 Å². The molecule has 5 heteroatoms. The van der Waals surface area contributed by atoms with Crippen molar-refractivity contribution in [3.63, 3.8) is 0 Å². The Bertz CT molecular complexity index is 749. The molecular formula is C18H19NO3S. The van der Waals surface area contributed by atoms with Crippen LogP contribution in [0.1, 0.15) is 46.1 Å². The Hall–Kier alpha value is -2.14. The van der Waals surface area contributed by atoms with E-state index in [-0.39, 0.29) is 11.7 Å². The van der Waals surface area contributed by atoms with Crippen LogP contribution in [0, 0.1) is 0 Å². The summed E-state index contributed by atoms with van der Waals surface area (Å²) >= 11 is 1.56. The number of aromatic hydroxyl groups is 1. The lowest BCUT2D eigenvalue weighted by atomic mass is 9.95. The Kier molecular flexibility index (Phi) is 4.76. The van der Waals surface area contributed by atoms with Gasteiger partial charge < -0.3 is 9.84 Å². The van der Waals surface area contributed by atoms with E-state index in [0.29, 0.717) is 22.7 Å². The molecule has 4 nitrogen and oxygen atoms in total. The second-order valence-corrected chi connectivity index (χ2v) is 6.51. The number of ether oxygens (including phenoxy) is 1. The van der Waals surface area contributed by atoms with Gasteiger partial charge in [0.15, 0.2) is 0 Å². The largest absolute Gasteiger partial charge is 0.507 e. The third kappa shape index (κ3) is 3.29. The lowest BCUT2D eigenvalue weighted by molar-refractivity contribution is 0.0526. The van der Waals surface area contributed by atoms with Crippen molar-refractivity contribution in [1.29, 1.82) is 0 Å². The zero-order chi connectivity index (χ0) is 16.2. The molecule has 1 aliphatic rings. The van der Waals surface area contributed by atoms with E-state index in [9.17, 15) is 9.90 Å². The average Bonchev–Trinajstić information content (AvgIpc) is 2.92. The molecule has 3 rings (SSSR count). The SMILES string of the molecule is CCOC(=O)c1c(N=Cc2ccccc2O)sc2c1CCCC2. The van der Waals surface area contributed by atoms with Gasteiger partial charge in [0.1, 0.15) is 10.8 Å². The Labute approximate surface area is 139 Å². The molecule has 0 amide bonds. The van der Waals surface area contributed by atoms with E-state index in [0.717, 1.165) is 31.2 Å². The number of aliphatic imine (C=N–C) groups is 1. The molecule has 23 heavy (non-hydrogen) atoms. The molecule has 1 aliphatic carbocycles. The number of fused-ring (bicyclic) bond motifs is 1. The first-order valence-corrected chi connectivity index (χ1v) is 8.66. The highest BCUT2D eigenvalue weighted by atomic mass is 32.1. The summed E-state index contributed by atoms with van der Waals surface area (Å²) in [5.74, 6) is -0.119. The lowest BCUT2D eigenvalue weighted by Crippen LogP contribution is -2.09. The fourth-order valence-corrected chi connectivity index (χ4v) is 4.00. The Morgan fingerprint density at radius 1 is 1.35 bits per heavy atom. The van der Waals surface area contributed by atoms with Gasteiger partial charge in [-0.3, -0.25) is 0 Å². The topological polar surface area (TPSA) is 58.9 Å². The maximum atomic E-state index is 12.3. The van der Waals surface area contributed by atoms with Crippen LogP contribution in [0.15, 0.2) is 29.3 Å². The standard InChI is InChI=1S/C18H19NO3S/c1-2-22-18(21)16-13-8-4-6-10-15(13)23-17(16)19-11-12-7-3-5-9-14(12)20/h3,5,7,9,11,20H,2,4,6,8,10H2,1H3. The van der Waals surface area contributed by atoms with E-state index in [4.69, 9.17) is 4.74 Å². The molecular weight excluding hydrogens is 310 g/mol. The summed E-state index contributed by atoms with van der Waals surface area (Å²) in [6.45, 7) is 2.16. The first kappa shape index (κ1) is 15.7. The summed E-state index contributed by atoms with van der Waals surface area (Å²) < 4.78 is 5.21. The summed E-state index contributed by atoms with van der Waals surface area (Å²) in [5, 5.41) is 10.5. The number of rotatable bonds is 4. The quantitative estimate of drug-likeness (QED) is 0.673. The molecule has 0 bridgehead atoms. The molecule has 1 heterocycles. The van der Waals surface area contributed by atoms with Gasteiger partial charge in [-0.1, -0.05) is 12.1 Å². The summed E-state index contributed by atoms with van der Waals surface area (Å²) in [7, 11) is 0. The first-order valence-electron chi connectivity index (χ1n) is 7.84. The number of thiophene rings is 1. The van der Waals surface area contributed by atoms with Crippen molar-refractivity contribution in [2.75, 3.05) is 6.61 Å². The molecule has 120 valence electrons. The molecule has 1 aromatic carbocycles. The van der Waals surface area contributed by atoms with Gasteiger partial charge >= 0.3 is 5.97 Å². The van der Waals surface area contributed by atoms with Crippen LogP contribution in [0.2, 0.25) is 0 Å². The highest BCUT2D eigenvalue weighted by Gasteiger charge is 2.25. The number of esters is 1. The minimum absolute atomic E-state index is 0.176. The summed E-state index contributed by atoms with van der Waals surface area (Å²) in [6, 6.07) is 7.01. The maximum Gasteiger partial charge on any atom is 0.341 e. The average molecular weight is 329 g/mol. The van der Waals surface area contributed by atoms with Crippen LogP contribution in [-0.4, -0.2) is 23.9 Å². The van der Waals surface area contributed by atoms with Gasteiger partial charge in [0.05, 0.1) is 12.2 Å². The normalized spacial score (nSPS) is 14.0. The molecule has 0 unspecified atom stereocenters. The molecule has 0 aliphatic heterocycles. The highest BCUT2D eigenvalue weighted by molar-refractivity contribution is 7.16. The van der Waals surface area contributed by atoms with E-state index < -0.39 is 0 Å². The first-order chi connectivity index (χ1) is 11.2. The van der Waals surface area contributed by atoms with Gasteiger partial charge in [0, 0.05) is 16.7 Å². The van der Waals surface area contributed by atoms with Crippen LogP contribution in [0.25, 0.3) is 0 Å². The molecule has 0 fully saturated rings. The van der Waals surface area contributed by atoms with E-state index in [1.807, 2.05) is 13.0 Å². The van der Waals surface area contributed by atoms with E-state index in [1.54, 1.807) is 35.8 Å². The predicted molar refractivity (Wildman–Crippen MR) is 92.3 cm³/mol. The maximum absolute atomic E-state index is 12.3. The number of carbonyl (C=O) groups excluding carboxylic acids is 1. The van der Waals surface area contributed by atoms with E-state index in [1.165, 1.54) is 4.88 Å².